The van der Waals surface area contributed by atoms with Crippen molar-refractivity contribution < 1.29 is 23.8 Å². The molecule has 6 nitrogen and oxygen atoms in total. The first-order chi connectivity index (χ1) is 11.2. The SMILES string of the molecule is CCCNC(CC(=O)OCC)C(=O)c1ccc2c(c1)OCCO2. The highest BCUT2D eigenvalue weighted by atomic mass is 16.6. The summed E-state index contributed by atoms with van der Waals surface area (Å²) < 4.78 is 15.9. The average Bonchev–Trinajstić information content (AvgIpc) is 2.57. The van der Waals surface area contributed by atoms with Gasteiger partial charge in [-0.2, -0.15) is 0 Å². The van der Waals surface area contributed by atoms with Crippen molar-refractivity contribution in [3.8, 4) is 11.5 Å². The van der Waals surface area contributed by atoms with E-state index in [-0.39, 0.29) is 18.2 Å². The van der Waals surface area contributed by atoms with Crippen LogP contribution < -0.4 is 14.8 Å². The minimum absolute atomic E-state index is 0.0150. The minimum atomic E-state index is -0.600. The number of esters is 1. The first kappa shape index (κ1) is 17.3. The molecule has 0 bridgehead atoms. The molecule has 1 aromatic rings. The van der Waals surface area contributed by atoms with Crippen LogP contribution in [0, 0.1) is 0 Å². The summed E-state index contributed by atoms with van der Waals surface area (Å²) in [6.45, 7) is 5.67. The lowest BCUT2D eigenvalue weighted by atomic mass is 10.0. The van der Waals surface area contributed by atoms with Crippen molar-refractivity contribution in [1.29, 1.82) is 0 Å². The van der Waals surface area contributed by atoms with Crippen LogP contribution in [0.4, 0.5) is 0 Å². The maximum atomic E-state index is 12.7. The van der Waals surface area contributed by atoms with E-state index < -0.39 is 6.04 Å². The molecule has 1 heterocycles. The maximum Gasteiger partial charge on any atom is 0.307 e. The molecule has 126 valence electrons. The number of ketones is 1. The molecule has 1 atom stereocenters. The maximum absolute atomic E-state index is 12.7. The number of Topliss-reactive ketones (excluding diaryl/α,β-unsaturated/α-hetero) is 1. The largest absolute Gasteiger partial charge is 0.486 e. The summed E-state index contributed by atoms with van der Waals surface area (Å²) in [5.74, 6) is 0.666. The van der Waals surface area contributed by atoms with E-state index in [1.165, 1.54) is 0 Å². The summed E-state index contributed by atoms with van der Waals surface area (Å²) in [4.78, 5) is 24.4. The van der Waals surface area contributed by atoms with Gasteiger partial charge in [0.15, 0.2) is 17.3 Å². The number of fused-ring (bicyclic) bond motifs is 1. The number of hydrogen-bond acceptors (Lipinski definition) is 6. The van der Waals surface area contributed by atoms with Gasteiger partial charge in [0.05, 0.1) is 19.1 Å². The van der Waals surface area contributed by atoms with Gasteiger partial charge in [0.1, 0.15) is 13.2 Å². The smallest absolute Gasteiger partial charge is 0.307 e. The van der Waals surface area contributed by atoms with Crippen LogP contribution in [0.3, 0.4) is 0 Å². The Hall–Kier alpha value is -2.08. The van der Waals surface area contributed by atoms with Crippen molar-refractivity contribution in [2.75, 3.05) is 26.4 Å². The molecule has 0 saturated heterocycles. The fourth-order valence-electron chi connectivity index (χ4n) is 2.36. The molecule has 2 rings (SSSR count). The van der Waals surface area contributed by atoms with Crippen LogP contribution in [-0.4, -0.2) is 44.2 Å². The van der Waals surface area contributed by atoms with E-state index in [9.17, 15) is 9.59 Å². The molecule has 0 spiro atoms. The molecule has 23 heavy (non-hydrogen) atoms. The van der Waals surface area contributed by atoms with Crippen LogP contribution in [0.1, 0.15) is 37.0 Å². The predicted molar refractivity (Wildman–Crippen MR) is 85.1 cm³/mol. The Kier molecular flexibility index (Phi) is 6.40. The summed E-state index contributed by atoms with van der Waals surface area (Å²) in [6, 6.07) is 4.49. The summed E-state index contributed by atoms with van der Waals surface area (Å²) >= 11 is 0. The molecule has 6 heteroatoms. The monoisotopic (exact) mass is 321 g/mol. The van der Waals surface area contributed by atoms with Crippen molar-refractivity contribution >= 4 is 11.8 Å². The molecule has 1 aromatic carbocycles. The average molecular weight is 321 g/mol. The first-order valence-corrected chi connectivity index (χ1v) is 7.98. The standard InChI is InChI=1S/C17H23NO5/c1-3-7-18-13(11-16(19)21-4-2)17(20)12-5-6-14-15(10-12)23-9-8-22-14/h5-6,10,13,18H,3-4,7-9,11H2,1-2H3. The zero-order chi connectivity index (χ0) is 16.7. The Morgan fingerprint density at radius 2 is 1.96 bits per heavy atom. The van der Waals surface area contributed by atoms with Gasteiger partial charge in [0.25, 0.3) is 0 Å². The summed E-state index contributed by atoms with van der Waals surface area (Å²) in [5.41, 5.74) is 0.493. The first-order valence-electron chi connectivity index (χ1n) is 7.98. The van der Waals surface area contributed by atoms with E-state index in [1.807, 2.05) is 6.92 Å². The fraction of sp³-hybridized carbons (Fsp3) is 0.529. The van der Waals surface area contributed by atoms with Gasteiger partial charge in [0.2, 0.25) is 0 Å². The number of nitrogens with one attached hydrogen (secondary N) is 1. The van der Waals surface area contributed by atoms with E-state index in [2.05, 4.69) is 5.32 Å². The van der Waals surface area contributed by atoms with Crippen molar-refractivity contribution in [2.24, 2.45) is 0 Å². The molecule has 0 fully saturated rings. The second-order valence-corrected chi connectivity index (χ2v) is 5.24. The lowest BCUT2D eigenvalue weighted by molar-refractivity contribution is -0.143. The third-order valence-corrected chi connectivity index (χ3v) is 3.46. The highest BCUT2D eigenvalue weighted by Crippen LogP contribution is 2.31. The van der Waals surface area contributed by atoms with Crippen LogP contribution in [0.5, 0.6) is 11.5 Å². The summed E-state index contributed by atoms with van der Waals surface area (Å²) in [7, 11) is 0. The summed E-state index contributed by atoms with van der Waals surface area (Å²) in [5, 5.41) is 3.11. The highest BCUT2D eigenvalue weighted by molar-refractivity contribution is 6.02. The van der Waals surface area contributed by atoms with Crippen molar-refractivity contribution in [3.05, 3.63) is 23.8 Å². The quantitative estimate of drug-likeness (QED) is 0.583. The van der Waals surface area contributed by atoms with E-state index in [1.54, 1.807) is 25.1 Å². The Morgan fingerprint density at radius 3 is 2.65 bits per heavy atom. The number of benzene rings is 1. The molecule has 0 saturated carbocycles. The third kappa shape index (κ3) is 4.69. The van der Waals surface area contributed by atoms with Gasteiger partial charge in [-0.25, -0.2) is 0 Å². The Bertz CT molecular complexity index is 558. The zero-order valence-electron chi connectivity index (χ0n) is 13.6. The number of hydrogen-bond donors (Lipinski definition) is 1. The molecule has 0 aliphatic carbocycles. The number of rotatable bonds is 8. The fourth-order valence-corrected chi connectivity index (χ4v) is 2.36. The molecular formula is C17H23NO5. The highest BCUT2D eigenvalue weighted by Gasteiger charge is 2.24. The van der Waals surface area contributed by atoms with Gasteiger partial charge >= 0.3 is 5.97 Å². The van der Waals surface area contributed by atoms with Crippen LogP contribution in [0.15, 0.2) is 18.2 Å². The van der Waals surface area contributed by atoms with Gasteiger partial charge in [0, 0.05) is 5.56 Å². The van der Waals surface area contributed by atoms with Crippen LogP contribution >= 0.6 is 0 Å². The Balaban J connectivity index is 2.13. The van der Waals surface area contributed by atoms with E-state index in [0.29, 0.717) is 43.4 Å². The molecule has 1 aliphatic rings. The Morgan fingerprint density at radius 1 is 1.22 bits per heavy atom. The van der Waals surface area contributed by atoms with Crippen molar-refractivity contribution in [3.63, 3.8) is 0 Å². The van der Waals surface area contributed by atoms with E-state index in [4.69, 9.17) is 14.2 Å². The number of carbonyl (C=O) groups excluding carboxylic acids is 2. The van der Waals surface area contributed by atoms with E-state index in [0.717, 1.165) is 6.42 Å². The normalized spacial score (nSPS) is 14.2. The molecular weight excluding hydrogens is 298 g/mol. The zero-order valence-corrected chi connectivity index (χ0v) is 13.6. The molecule has 0 amide bonds. The van der Waals surface area contributed by atoms with Crippen LogP contribution in [0.25, 0.3) is 0 Å². The van der Waals surface area contributed by atoms with E-state index >= 15 is 0 Å². The lowest BCUT2D eigenvalue weighted by Crippen LogP contribution is -2.39. The van der Waals surface area contributed by atoms with Gasteiger partial charge in [-0.1, -0.05) is 6.92 Å². The number of ether oxygens (including phenoxy) is 3. The molecule has 1 aliphatic heterocycles. The van der Waals surface area contributed by atoms with Gasteiger partial charge in [-0.3, -0.25) is 9.59 Å². The number of carbonyl (C=O) groups is 2. The molecule has 0 aromatic heterocycles. The second kappa shape index (κ2) is 8.53. The molecule has 1 unspecified atom stereocenters. The van der Waals surface area contributed by atoms with Gasteiger partial charge < -0.3 is 19.5 Å². The van der Waals surface area contributed by atoms with Gasteiger partial charge in [-0.15, -0.1) is 0 Å². The Labute approximate surface area is 136 Å². The van der Waals surface area contributed by atoms with Crippen molar-refractivity contribution in [1.82, 2.24) is 5.32 Å². The third-order valence-electron chi connectivity index (χ3n) is 3.46. The van der Waals surface area contributed by atoms with Crippen molar-refractivity contribution in [2.45, 2.75) is 32.7 Å². The second-order valence-electron chi connectivity index (χ2n) is 5.24. The predicted octanol–water partition coefficient (Wildman–Crippen LogP) is 1.96. The van der Waals surface area contributed by atoms with Gasteiger partial charge in [-0.05, 0) is 38.1 Å². The van der Waals surface area contributed by atoms with Crippen LogP contribution in [0.2, 0.25) is 0 Å². The topological polar surface area (TPSA) is 73.9 Å². The molecule has 1 N–H and O–H groups in total. The minimum Gasteiger partial charge on any atom is -0.486 e. The molecule has 0 radical (unpaired) electrons. The van der Waals surface area contributed by atoms with Crippen LogP contribution in [-0.2, 0) is 9.53 Å². The lowest BCUT2D eigenvalue weighted by Gasteiger charge is -2.20. The summed E-state index contributed by atoms with van der Waals surface area (Å²) in [6.07, 6.45) is 0.884.